The van der Waals surface area contributed by atoms with Gasteiger partial charge in [-0.1, -0.05) is 45.2 Å². The van der Waals surface area contributed by atoms with Gasteiger partial charge in [0.2, 0.25) is 0 Å². The van der Waals surface area contributed by atoms with E-state index in [1.807, 2.05) is 48.6 Å². The van der Waals surface area contributed by atoms with Gasteiger partial charge >= 0.3 is 0 Å². The smallest absolute Gasteiger partial charge is 0.157 e. The number of anilines is 1. The number of pyridine rings is 2. The Bertz CT molecular complexity index is 1180. The number of rotatable bonds is 1. The van der Waals surface area contributed by atoms with Crippen molar-refractivity contribution in [2.45, 2.75) is 46.0 Å². The van der Waals surface area contributed by atoms with Gasteiger partial charge in [0.25, 0.3) is 0 Å². The van der Waals surface area contributed by atoms with Gasteiger partial charge in [-0.3, -0.25) is 4.40 Å². The molecule has 0 spiro atoms. The van der Waals surface area contributed by atoms with E-state index in [-0.39, 0.29) is 0 Å². The molecule has 1 aliphatic heterocycles. The second-order valence-electron chi connectivity index (χ2n) is 7.27. The molecule has 0 amide bonds. The molecule has 3 aromatic heterocycles. The SMILES string of the molecule is CC.N#Cc1cc2ccc(N3CCCCCCC3)nc2n2c1nc1ccccc12. The zero-order valence-electron chi connectivity index (χ0n) is 17.2. The van der Waals surface area contributed by atoms with E-state index in [0.717, 1.165) is 41.0 Å². The number of benzene rings is 1. The molecule has 1 aromatic carbocycles. The Kier molecular flexibility index (Phi) is 5.62. The molecular weight excluding hydrogens is 358 g/mol. The quantitative estimate of drug-likeness (QED) is 0.421. The van der Waals surface area contributed by atoms with E-state index >= 15 is 0 Å². The van der Waals surface area contributed by atoms with Crippen LogP contribution in [0.3, 0.4) is 0 Å². The summed E-state index contributed by atoms with van der Waals surface area (Å²) in [6, 6.07) is 16.4. The molecule has 29 heavy (non-hydrogen) atoms. The van der Waals surface area contributed by atoms with Gasteiger partial charge in [0.1, 0.15) is 17.5 Å². The third-order valence-corrected chi connectivity index (χ3v) is 5.50. The summed E-state index contributed by atoms with van der Waals surface area (Å²) in [5.41, 5.74) is 4.02. The van der Waals surface area contributed by atoms with Crippen LogP contribution in [0, 0.1) is 11.3 Å². The van der Waals surface area contributed by atoms with Crippen LogP contribution in [0.4, 0.5) is 5.82 Å². The van der Waals surface area contributed by atoms with Crippen LogP contribution < -0.4 is 4.90 Å². The van der Waals surface area contributed by atoms with Crippen molar-refractivity contribution >= 4 is 33.5 Å². The van der Waals surface area contributed by atoms with Gasteiger partial charge in [-0.05, 0) is 43.2 Å². The number of hydrogen-bond donors (Lipinski definition) is 0. The summed E-state index contributed by atoms with van der Waals surface area (Å²) in [5.74, 6) is 1.02. The summed E-state index contributed by atoms with van der Waals surface area (Å²) in [7, 11) is 0. The van der Waals surface area contributed by atoms with Crippen molar-refractivity contribution in [2.24, 2.45) is 0 Å². The summed E-state index contributed by atoms with van der Waals surface area (Å²) in [5, 5.41) is 10.6. The van der Waals surface area contributed by atoms with E-state index in [9.17, 15) is 5.26 Å². The molecule has 0 saturated carbocycles. The van der Waals surface area contributed by atoms with Gasteiger partial charge in [0.05, 0.1) is 16.6 Å². The van der Waals surface area contributed by atoms with E-state index in [1.165, 1.54) is 32.1 Å². The number of para-hydroxylation sites is 2. The van der Waals surface area contributed by atoms with Crippen LogP contribution in [0.5, 0.6) is 0 Å². The third kappa shape index (κ3) is 3.51. The first kappa shape index (κ1) is 19.2. The summed E-state index contributed by atoms with van der Waals surface area (Å²) >= 11 is 0. The molecule has 5 heteroatoms. The number of nitriles is 1. The fourth-order valence-corrected chi connectivity index (χ4v) is 4.12. The van der Waals surface area contributed by atoms with Crippen molar-refractivity contribution in [2.75, 3.05) is 18.0 Å². The van der Waals surface area contributed by atoms with E-state index < -0.39 is 0 Å². The molecule has 5 rings (SSSR count). The number of aromatic nitrogens is 3. The lowest BCUT2D eigenvalue weighted by Gasteiger charge is -2.26. The minimum Gasteiger partial charge on any atom is -0.357 e. The van der Waals surface area contributed by atoms with Gasteiger partial charge in [-0.25, -0.2) is 9.97 Å². The van der Waals surface area contributed by atoms with Crippen LogP contribution in [0.1, 0.15) is 51.5 Å². The Morgan fingerprint density at radius 3 is 2.34 bits per heavy atom. The maximum absolute atomic E-state index is 9.60. The number of nitrogens with zero attached hydrogens (tertiary/aromatic N) is 5. The second-order valence-corrected chi connectivity index (χ2v) is 7.27. The lowest BCUT2D eigenvalue weighted by atomic mass is 10.1. The molecular formula is C24H27N5. The minimum atomic E-state index is 0.583. The van der Waals surface area contributed by atoms with Gasteiger partial charge in [0, 0.05) is 18.5 Å². The monoisotopic (exact) mass is 385 g/mol. The third-order valence-electron chi connectivity index (χ3n) is 5.50. The van der Waals surface area contributed by atoms with Crippen molar-refractivity contribution in [1.82, 2.24) is 14.4 Å². The van der Waals surface area contributed by atoms with Crippen LogP contribution in [0.25, 0.3) is 27.7 Å². The molecule has 0 aliphatic carbocycles. The van der Waals surface area contributed by atoms with Gasteiger partial charge in [-0.2, -0.15) is 5.26 Å². The highest BCUT2D eigenvalue weighted by molar-refractivity contribution is 5.91. The average molecular weight is 386 g/mol. The first-order valence-electron chi connectivity index (χ1n) is 10.7. The van der Waals surface area contributed by atoms with Crippen LogP contribution in [-0.4, -0.2) is 27.5 Å². The Hall–Kier alpha value is -3.13. The van der Waals surface area contributed by atoms with Crippen LogP contribution in [0.2, 0.25) is 0 Å². The van der Waals surface area contributed by atoms with Crippen molar-refractivity contribution in [1.29, 1.82) is 5.26 Å². The number of imidazole rings is 1. The molecule has 5 nitrogen and oxygen atoms in total. The van der Waals surface area contributed by atoms with E-state index in [2.05, 4.69) is 23.1 Å². The lowest BCUT2D eigenvalue weighted by Crippen LogP contribution is -2.27. The van der Waals surface area contributed by atoms with Crippen LogP contribution >= 0.6 is 0 Å². The number of fused-ring (bicyclic) bond motifs is 5. The van der Waals surface area contributed by atoms with E-state index in [0.29, 0.717) is 11.2 Å². The summed E-state index contributed by atoms with van der Waals surface area (Å²) in [6.07, 6.45) is 6.38. The van der Waals surface area contributed by atoms with Gasteiger partial charge < -0.3 is 4.90 Å². The summed E-state index contributed by atoms with van der Waals surface area (Å²) in [6.45, 7) is 6.12. The summed E-state index contributed by atoms with van der Waals surface area (Å²) in [4.78, 5) is 12.1. The second kappa shape index (κ2) is 8.48. The van der Waals surface area contributed by atoms with Crippen LogP contribution in [0.15, 0.2) is 42.5 Å². The van der Waals surface area contributed by atoms with E-state index in [1.54, 1.807) is 0 Å². The molecule has 0 atom stereocenters. The summed E-state index contributed by atoms with van der Waals surface area (Å²) < 4.78 is 2.04. The fourth-order valence-electron chi connectivity index (χ4n) is 4.12. The molecule has 0 radical (unpaired) electrons. The highest BCUT2D eigenvalue weighted by atomic mass is 15.2. The van der Waals surface area contributed by atoms with Crippen LogP contribution in [-0.2, 0) is 0 Å². The predicted octanol–water partition coefficient (Wildman–Crippen LogP) is 5.70. The topological polar surface area (TPSA) is 57.2 Å². The first-order valence-corrected chi connectivity index (χ1v) is 10.7. The molecule has 148 valence electrons. The normalized spacial score (nSPS) is 14.9. The first-order chi connectivity index (χ1) is 14.3. The lowest BCUT2D eigenvalue weighted by molar-refractivity contribution is 0.554. The largest absolute Gasteiger partial charge is 0.357 e. The molecule has 1 saturated heterocycles. The predicted molar refractivity (Wildman–Crippen MR) is 119 cm³/mol. The standard InChI is InChI=1S/C22H21N5.C2H6/c23-15-17-14-16-10-11-20(26-12-6-2-1-3-7-13-26)25-21(16)27-19-9-5-4-8-18(19)24-22(17)27;1-2/h4-5,8-11,14H,1-3,6-7,12-13H2;1-2H3. The molecule has 1 fully saturated rings. The Morgan fingerprint density at radius 1 is 0.862 bits per heavy atom. The van der Waals surface area contributed by atoms with E-state index in [4.69, 9.17) is 9.97 Å². The Labute approximate surface area is 171 Å². The molecule has 4 aromatic rings. The zero-order valence-corrected chi connectivity index (χ0v) is 17.2. The molecule has 1 aliphatic rings. The Balaban J connectivity index is 0.000000994. The zero-order chi connectivity index (χ0) is 20.2. The van der Waals surface area contributed by atoms with Gasteiger partial charge in [-0.15, -0.1) is 0 Å². The molecule has 0 bridgehead atoms. The van der Waals surface area contributed by atoms with Gasteiger partial charge in [0.15, 0.2) is 5.65 Å². The molecule has 4 heterocycles. The maximum Gasteiger partial charge on any atom is 0.157 e. The maximum atomic E-state index is 9.60. The highest BCUT2D eigenvalue weighted by Gasteiger charge is 2.16. The number of hydrogen-bond acceptors (Lipinski definition) is 4. The minimum absolute atomic E-state index is 0.583. The molecule has 0 N–H and O–H groups in total. The average Bonchev–Trinajstić information content (AvgIpc) is 3.14. The highest BCUT2D eigenvalue weighted by Crippen LogP contribution is 2.27. The van der Waals surface area contributed by atoms with Crippen molar-refractivity contribution in [3.63, 3.8) is 0 Å². The molecule has 0 unspecified atom stereocenters. The fraction of sp³-hybridized carbons (Fsp3) is 0.375. The van der Waals surface area contributed by atoms with Crippen molar-refractivity contribution in [3.05, 3.63) is 48.0 Å². The Morgan fingerprint density at radius 2 is 1.59 bits per heavy atom. The van der Waals surface area contributed by atoms with Crippen molar-refractivity contribution in [3.8, 4) is 6.07 Å². The van der Waals surface area contributed by atoms with Crippen molar-refractivity contribution < 1.29 is 0 Å².